The first-order valence-electron chi connectivity index (χ1n) is 10.6. The van der Waals surface area contributed by atoms with Crippen LogP contribution in [0.25, 0.3) is 0 Å². The Balaban J connectivity index is 1.54. The van der Waals surface area contributed by atoms with Crippen molar-refractivity contribution < 1.29 is 23.1 Å². The number of piperazine rings is 1. The van der Waals surface area contributed by atoms with E-state index in [1.165, 1.54) is 40.7 Å². The molecule has 0 spiro atoms. The molecular weight excluding hydrogens is 476 g/mol. The van der Waals surface area contributed by atoms with Gasteiger partial charge in [-0.2, -0.15) is 4.31 Å². The van der Waals surface area contributed by atoms with Gasteiger partial charge < -0.3 is 4.90 Å². The molecule has 0 saturated carbocycles. The van der Waals surface area contributed by atoms with Gasteiger partial charge in [0, 0.05) is 55.5 Å². The molecule has 0 unspecified atom stereocenters. The number of anilines is 1. The van der Waals surface area contributed by atoms with Crippen LogP contribution in [0.2, 0.25) is 0 Å². The molecule has 3 aromatic rings. The van der Waals surface area contributed by atoms with E-state index in [1.807, 2.05) is 0 Å². The van der Waals surface area contributed by atoms with Crippen molar-refractivity contribution in [3.63, 3.8) is 0 Å². The zero-order chi connectivity index (χ0) is 25.2. The molecule has 0 bridgehead atoms. The number of nitrogens with zero attached hydrogens (tertiary/aromatic N) is 4. The fourth-order valence-corrected chi connectivity index (χ4v) is 5.37. The Morgan fingerprint density at radius 3 is 2.09 bits per heavy atom. The first-order valence-corrected chi connectivity index (χ1v) is 12.0. The quantitative estimate of drug-likeness (QED) is 0.275. The number of ketones is 1. The molecule has 0 amide bonds. The normalized spacial score (nSPS) is 14.5. The molecule has 1 heterocycles. The highest BCUT2D eigenvalue weighted by Crippen LogP contribution is 2.32. The van der Waals surface area contributed by atoms with Crippen LogP contribution in [0.5, 0.6) is 0 Å². The maximum Gasteiger partial charge on any atom is 0.293 e. The predicted molar refractivity (Wildman–Crippen MR) is 127 cm³/mol. The molecule has 1 aliphatic rings. The monoisotopic (exact) mass is 496 g/mol. The van der Waals surface area contributed by atoms with Crippen molar-refractivity contribution in [3.05, 3.63) is 104 Å². The first kappa shape index (κ1) is 24.0. The number of hydrogen-bond donors (Lipinski definition) is 0. The SMILES string of the molecule is O=C(c1ccccc1)c1ccc(N2CCN(S(=O)(=O)c3cccc([N+](=O)[O-])c3)CC2)c([N+](=O)[O-])c1. The number of nitro benzene ring substituents is 2. The van der Waals surface area contributed by atoms with E-state index in [1.54, 1.807) is 35.2 Å². The molecule has 0 radical (unpaired) electrons. The second-order valence-corrected chi connectivity index (χ2v) is 9.74. The number of carbonyl (C=O) groups is 1. The summed E-state index contributed by atoms with van der Waals surface area (Å²) in [4.78, 5) is 35.8. The van der Waals surface area contributed by atoms with Crippen molar-refractivity contribution in [3.8, 4) is 0 Å². The maximum absolute atomic E-state index is 13.0. The van der Waals surface area contributed by atoms with Crippen LogP contribution in [0.1, 0.15) is 15.9 Å². The minimum absolute atomic E-state index is 0.0346. The van der Waals surface area contributed by atoms with Crippen LogP contribution < -0.4 is 4.90 Å². The third-order valence-electron chi connectivity index (χ3n) is 5.72. The van der Waals surface area contributed by atoms with Crippen LogP contribution in [0.4, 0.5) is 17.1 Å². The summed E-state index contributed by atoms with van der Waals surface area (Å²) < 4.78 is 27.1. The highest BCUT2D eigenvalue weighted by molar-refractivity contribution is 7.89. The average molecular weight is 497 g/mol. The summed E-state index contributed by atoms with van der Waals surface area (Å²) in [6.45, 7) is 0.404. The molecule has 12 heteroatoms. The van der Waals surface area contributed by atoms with Gasteiger partial charge in [-0.15, -0.1) is 0 Å². The van der Waals surface area contributed by atoms with Gasteiger partial charge in [0.25, 0.3) is 11.4 Å². The largest absolute Gasteiger partial charge is 0.363 e. The Morgan fingerprint density at radius 2 is 1.46 bits per heavy atom. The molecule has 4 rings (SSSR count). The molecule has 180 valence electrons. The van der Waals surface area contributed by atoms with Crippen LogP contribution >= 0.6 is 0 Å². The Morgan fingerprint density at radius 1 is 0.771 bits per heavy atom. The van der Waals surface area contributed by atoms with Gasteiger partial charge in [-0.05, 0) is 18.2 Å². The van der Waals surface area contributed by atoms with E-state index in [0.717, 1.165) is 6.07 Å². The van der Waals surface area contributed by atoms with Crippen LogP contribution in [0.15, 0.2) is 77.7 Å². The summed E-state index contributed by atoms with van der Waals surface area (Å²) in [7, 11) is -3.98. The number of nitro groups is 2. The molecule has 1 fully saturated rings. The van der Waals surface area contributed by atoms with Gasteiger partial charge in [-0.3, -0.25) is 25.0 Å². The standard InChI is InChI=1S/C23H20N4O7S/c28-23(17-5-2-1-3-6-17)18-9-10-21(22(15-18)27(31)32)24-11-13-25(14-12-24)35(33,34)20-8-4-7-19(16-20)26(29)30/h1-10,15-16H,11-14H2. The van der Waals surface area contributed by atoms with Crippen molar-refractivity contribution in [2.75, 3.05) is 31.1 Å². The van der Waals surface area contributed by atoms with Crippen LogP contribution in [-0.4, -0.2) is 54.5 Å². The van der Waals surface area contributed by atoms with E-state index < -0.39 is 19.9 Å². The highest BCUT2D eigenvalue weighted by atomic mass is 32.2. The highest BCUT2D eigenvalue weighted by Gasteiger charge is 2.32. The smallest absolute Gasteiger partial charge is 0.293 e. The number of rotatable bonds is 7. The molecule has 1 aliphatic heterocycles. The van der Waals surface area contributed by atoms with Crippen molar-refractivity contribution in [1.29, 1.82) is 0 Å². The molecule has 3 aromatic carbocycles. The Kier molecular flexibility index (Phi) is 6.58. The predicted octanol–water partition coefficient (Wildman–Crippen LogP) is 3.24. The summed E-state index contributed by atoms with van der Waals surface area (Å²) >= 11 is 0. The molecule has 0 atom stereocenters. The number of benzene rings is 3. The third kappa shape index (κ3) is 4.88. The second-order valence-electron chi connectivity index (χ2n) is 7.80. The molecule has 0 N–H and O–H groups in total. The maximum atomic E-state index is 13.0. The molecule has 35 heavy (non-hydrogen) atoms. The average Bonchev–Trinajstić information content (AvgIpc) is 2.88. The minimum atomic E-state index is -3.98. The molecular formula is C23H20N4O7S. The van der Waals surface area contributed by atoms with Crippen molar-refractivity contribution in [2.24, 2.45) is 0 Å². The molecule has 0 aromatic heterocycles. The van der Waals surface area contributed by atoms with Crippen molar-refractivity contribution in [2.45, 2.75) is 4.90 Å². The van der Waals surface area contributed by atoms with Gasteiger partial charge in [0.1, 0.15) is 5.69 Å². The van der Waals surface area contributed by atoms with Crippen molar-refractivity contribution >= 4 is 32.9 Å². The van der Waals surface area contributed by atoms with E-state index in [4.69, 9.17) is 0 Å². The fraction of sp³-hybridized carbons (Fsp3) is 0.174. The number of non-ortho nitro benzene ring substituents is 1. The number of sulfonamides is 1. The van der Waals surface area contributed by atoms with E-state index in [2.05, 4.69) is 0 Å². The summed E-state index contributed by atoms with van der Waals surface area (Å²) in [5, 5.41) is 22.8. The fourth-order valence-electron chi connectivity index (χ4n) is 3.91. The van der Waals surface area contributed by atoms with E-state index in [-0.39, 0.29) is 59.5 Å². The van der Waals surface area contributed by atoms with Crippen LogP contribution in [-0.2, 0) is 10.0 Å². The van der Waals surface area contributed by atoms with E-state index in [9.17, 15) is 33.4 Å². The minimum Gasteiger partial charge on any atom is -0.363 e. The third-order valence-corrected chi connectivity index (χ3v) is 7.61. The number of hydrogen-bond acceptors (Lipinski definition) is 8. The number of carbonyl (C=O) groups excluding carboxylic acids is 1. The topological polar surface area (TPSA) is 144 Å². The lowest BCUT2D eigenvalue weighted by atomic mass is 10.0. The van der Waals surface area contributed by atoms with E-state index in [0.29, 0.717) is 5.56 Å². The zero-order valence-corrected chi connectivity index (χ0v) is 19.1. The molecule has 1 saturated heterocycles. The van der Waals surface area contributed by atoms with Crippen molar-refractivity contribution in [1.82, 2.24) is 4.31 Å². The molecule has 11 nitrogen and oxygen atoms in total. The van der Waals surface area contributed by atoms with Gasteiger partial charge in [-0.1, -0.05) is 36.4 Å². The Hall–Kier alpha value is -4.16. The van der Waals surface area contributed by atoms with Crippen LogP contribution in [0.3, 0.4) is 0 Å². The lowest BCUT2D eigenvalue weighted by Gasteiger charge is -2.35. The lowest BCUT2D eigenvalue weighted by molar-refractivity contribution is -0.385. The summed E-state index contributed by atoms with van der Waals surface area (Å²) in [6.07, 6.45) is 0. The summed E-state index contributed by atoms with van der Waals surface area (Å²) in [6, 6.07) is 17.5. The Bertz CT molecular complexity index is 1400. The first-order chi connectivity index (χ1) is 16.7. The summed E-state index contributed by atoms with van der Waals surface area (Å²) in [5.74, 6) is -0.340. The zero-order valence-electron chi connectivity index (χ0n) is 18.3. The van der Waals surface area contributed by atoms with Crippen LogP contribution in [0, 0.1) is 20.2 Å². The Labute approximate surface area is 200 Å². The van der Waals surface area contributed by atoms with Gasteiger partial charge in [-0.25, -0.2) is 8.42 Å². The lowest BCUT2D eigenvalue weighted by Crippen LogP contribution is -2.48. The molecule has 0 aliphatic carbocycles. The van der Waals surface area contributed by atoms with Gasteiger partial charge >= 0.3 is 0 Å². The van der Waals surface area contributed by atoms with Gasteiger partial charge in [0.05, 0.1) is 14.7 Å². The van der Waals surface area contributed by atoms with Gasteiger partial charge in [0.2, 0.25) is 10.0 Å². The van der Waals surface area contributed by atoms with Gasteiger partial charge in [0.15, 0.2) is 5.78 Å². The second kappa shape index (κ2) is 9.60. The summed E-state index contributed by atoms with van der Waals surface area (Å²) in [5.41, 5.74) is 0.298. The van der Waals surface area contributed by atoms with E-state index >= 15 is 0 Å².